The average molecular weight is 342 g/mol. The average Bonchev–Trinajstić information content (AvgIpc) is 2.49. The van der Waals surface area contributed by atoms with Crippen LogP contribution in [0.5, 0.6) is 11.5 Å². The molecule has 2 aromatic carbocycles. The van der Waals surface area contributed by atoms with Gasteiger partial charge in [-0.1, -0.05) is 41.9 Å². The molecule has 0 amide bonds. The largest absolute Gasteiger partial charge is 0.490 e. The monoisotopic (exact) mass is 341 g/mol. The molecule has 0 aliphatic carbocycles. The second kappa shape index (κ2) is 9.57. The van der Waals surface area contributed by atoms with Crippen LogP contribution in [0.1, 0.15) is 18.1 Å². The molecular formula is C17H21Cl2NO2. The highest BCUT2D eigenvalue weighted by Gasteiger charge is 2.11. The predicted octanol–water partition coefficient (Wildman–Crippen LogP) is 4.46. The minimum Gasteiger partial charge on any atom is -0.490 e. The topological polar surface area (TPSA) is 30.5 Å². The van der Waals surface area contributed by atoms with Gasteiger partial charge in [-0.3, -0.25) is 0 Å². The maximum Gasteiger partial charge on any atom is 0.166 e. The summed E-state index contributed by atoms with van der Waals surface area (Å²) in [5.41, 5.74) is 2.02. The van der Waals surface area contributed by atoms with E-state index in [9.17, 15) is 0 Å². The van der Waals surface area contributed by atoms with Gasteiger partial charge in [-0.2, -0.15) is 0 Å². The van der Waals surface area contributed by atoms with E-state index >= 15 is 0 Å². The minimum atomic E-state index is 0. The van der Waals surface area contributed by atoms with Crippen molar-refractivity contribution in [2.75, 3.05) is 13.7 Å². The van der Waals surface area contributed by atoms with E-state index in [2.05, 4.69) is 5.32 Å². The number of para-hydroxylation sites is 1. The second-order valence-electron chi connectivity index (χ2n) is 4.59. The van der Waals surface area contributed by atoms with Gasteiger partial charge in [-0.15, -0.1) is 12.4 Å². The van der Waals surface area contributed by atoms with E-state index < -0.39 is 0 Å². The molecule has 2 aromatic rings. The van der Waals surface area contributed by atoms with Crippen molar-refractivity contribution in [3.05, 3.63) is 58.6 Å². The Morgan fingerprint density at radius 1 is 1.00 bits per heavy atom. The fraction of sp³-hybridized carbons (Fsp3) is 0.294. The van der Waals surface area contributed by atoms with Crippen molar-refractivity contribution in [3.63, 3.8) is 0 Å². The van der Waals surface area contributed by atoms with E-state index in [0.717, 1.165) is 29.2 Å². The van der Waals surface area contributed by atoms with Gasteiger partial charge >= 0.3 is 0 Å². The summed E-state index contributed by atoms with van der Waals surface area (Å²) in [6.45, 7) is 3.70. The van der Waals surface area contributed by atoms with Gasteiger partial charge in [-0.05, 0) is 26.1 Å². The smallest absolute Gasteiger partial charge is 0.166 e. The van der Waals surface area contributed by atoms with E-state index in [-0.39, 0.29) is 12.4 Å². The molecule has 0 atom stereocenters. The first-order chi connectivity index (χ1) is 10.3. The Morgan fingerprint density at radius 2 is 1.73 bits per heavy atom. The Bertz CT molecular complexity index is 566. The highest BCUT2D eigenvalue weighted by molar-refractivity contribution is 6.31. The van der Waals surface area contributed by atoms with E-state index in [1.165, 1.54) is 0 Å². The Balaban J connectivity index is 0.00000242. The van der Waals surface area contributed by atoms with Gasteiger partial charge in [0.05, 0.1) is 6.61 Å². The number of ether oxygens (including phenoxy) is 2. The van der Waals surface area contributed by atoms with Crippen molar-refractivity contribution in [2.24, 2.45) is 0 Å². The molecule has 0 radical (unpaired) electrons. The van der Waals surface area contributed by atoms with Crippen LogP contribution in [0.4, 0.5) is 0 Å². The molecule has 0 saturated heterocycles. The summed E-state index contributed by atoms with van der Waals surface area (Å²) in [6.07, 6.45) is 0. The van der Waals surface area contributed by atoms with Gasteiger partial charge in [-0.25, -0.2) is 0 Å². The van der Waals surface area contributed by atoms with Crippen molar-refractivity contribution in [2.45, 2.75) is 20.1 Å². The molecule has 0 fully saturated rings. The van der Waals surface area contributed by atoms with Gasteiger partial charge < -0.3 is 14.8 Å². The van der Waals surface area contributed by atoms with Crippen LogP contribution in [0.2, 0.25) is 5.02 Å². The van der Waals surface area contributed by atoms with Gasteiger partial charge in [0.2, 0.25) is 0 Å². The summed E-state index contributed by atoms with van der Waals surface area (Å²) < 4.78 is 11.6. The lowest BCUT2D eigenvalue weighted by molar-refractivity contribution is 0.266. The summed E-state index contributed by atoms with van der Waals surface area (Å²) >= 11 is 6.17. The molecule has 0 unspecified atom stereocenters. The van der Waals surface area contributed by atoms with Crippen molar-refractivity contribution in [1.82, 2.24) is 5.32 Å². The van der Waals surface area contributed by atoms with Crippen LogP contribution in [-0.2, 0) is 13.2 Å². The molecule has 22 heavy (non-hydrogen) atoms. The number of hydrogen-bond acceptors (Lipinski definition) is 3. The van der Waals surface area contributed by atoms with Gasteiger partial charge in [0, 0.05) is 22.7 Å². The van der Waals surface area contributed by atoms with Gasteiger partial charge in [0.15, 0.2) is 11.5 Å². The molecule has 0 aliphatic rings. The molecule has 0 spiro atoms. The highest BCUT2D eigenvalue weighted by atomic mass is 35.5. The molecule has 0 bridgehead atoms. The number of nitrogens with one attached hydrogen (secondary N) is 1. The van der Waals surface area contributed by atoms with Crippen molar-refractivity contribution in [1.29, 1.82) is 0 Å². The lowest BCUT2D eigenvalue weighted by Gasteiger charge is -2.16. The zero-order chi connectivity index (χ0) is 15.1. The van der Waals surface area contributed by atoms with Crippen LogP contribution in [0.15, 0.2) is 42.5 Å². The fourth-order valence-electron chi connectivity index (χ4n) is 2.09. The summed E-state index contributed by atoms with van der Waals surface area (Å²) in [7, 11) is 1.91. The van der Waals surface area contributed by atoms with Crippen LogP contribution < -0.4 is 14.8 Å². The van der Waals surface area contributed by atoms with Crippen LogP contribution in [0.3, 0.4) is 0 Å². The maximum absolute atomic E-state index is 6.17. The quantitative estimate of drug-likeness (QED) is 0.806. The summed E-state index contributed by atoms with van der Waals surface area (Å²) in [6, 6.07) is 13.6. The third kappa shape index (κ3) is 4.80. The van der Waals surface area contributed by atoms with Gasteiger partial charge in [0.1, 0.15) is 6.61 Å². The van der Waals surface area contributed by atoms with Crippen molar-refractivity contribution < 1.29 is 9.47 Å². The summed E-state index contributed by atoms with van der Waals surface area (Å²) in [5.74, 6) is 1.53. The fourth-order valence-corrected chi connectivity index (χ4v) is 2.28. The summed E-state index contributed by atoms with van der Waals surface area (Å²) in [5, 5.41) is 3.85. The first kappa shape index (κ1) is 18.6. The van der Waals surface area contributed by atoms with Crippen LogP contribution in [0, 0.1) is 0 Å². The molecule has 2 rings (SSSR count). The SMILES string of the molecule is CCOc1cccc(CNC)c1OCc1ccccc1Cl.Cl. The molecule has 0 heterocycles. The highest BCUT2D eigenvalue weighted by Crippen LogP contribution is 2.32. The lowest BCUT2D eigenvalue weighted by atomic mass is 10.1. The predicted molar refractivity (Wildman–Crippen MR) is 93.4 cm³/mol. The first-order valence-electron chi connectivity index (χ1n) is 7.01. The Morgan fingerprint density at radius 3 is 2.41 bits per heavy atom. The number of halogens is 2. The molecule has 5 heteroatoms. The Hall–Kier alpha value is -1.42. The van der Waals surface area contributed by atoms with Gasteiger partial charge in [0.25, 0.3) is 0 Å². The third-order valence-electron chi connectivity index (χ3n) is 3.06. The second-order valence-corrected chi connectivity index (χ2v) is 5.00. The molecule has 0 saturated carbocycles. The van der Waals surface area contributed by atoms with Crippen molar-refractivity contribution in [3.8, 4) is 11.5 Å². The number of benzene rings is 2. The van der Waals surface area contributed by atoms with Crippen LogP contribution in [0.25, 0.3) is 0 Å². The van der Waals surface area contributed by atoms with Crippen LogP contribution in [-0.4, -0.2) is 13.7 Å². The molecule has 1 N–H and O–H groups in total. The Kier molecular flexibility index (Phi) is 8.10. The normalized spacial score (nSPS) is 9.95. The van der Waals surface area contributed by atoms with Crippen molar-refractivity contribution >= 4 is 24.0 Å². The Labute approximate surface area is 143 Å². The lowest BCUT2D eigenvalue weighted by Crippen LogP contribution is -2.09. The third-order valence-corrected chi connectivity index (χ3v) is 3.43. The number of hydrogen-bond donors (Lipinski definition) is 1. The molecule has 3 nitrogen and oxygen atoms in total. The zero-order valence-corrected chi connectivity index (χ0v) is 14.3. The van der Waals surface area contributed by atoms with E-state index in [1.807, 2.05) is 56.4 Å². The zero-order valence-electron chi connectivity index (χ0n) is 12.8. The van der Waals surface area contributed by atoms with E-state index in [4.69, 9.17) is 21.1 Å². The molecular weight excluding hydrogens is 321 g/mol. The minimum absolute atomic E-state index is 0. The summed E-state index contributed by atoms with van der Waals surface area (Å²) in [4.78, 5) is 0. The molecule has 0 aromatic heterocycles. The first-order valence-corrected chi connectivity index (χ1v) is 7.39. The standard InChI is InChI=1S/C17H20ClNO2.ClH/c1-3-20-16-10-6-8-13(11-19-2)17(16)21-12-14-7-4-5-9-15(14)18;/h4-10,19H,3,11-12H2,1-2H3;1H. The number of rotatable bonds is 7. The molecule has 0 aliphatic heterocycles. The van der Waals surface area contributed by atoms with E-state index in [1.54, 1.807) is 0 Å². The van der Waals surface area contributed by atoms with Crippen LogP contribution >= 0.6 is 24.0 Å². The maximum atomic E-state index is 6.17. The van der Waals surface area contributed by atoms with E-state index in [0.29, 0.717) is 18.2 Å². The molecule has 120 valence electrons.